The lowest BCUT2D eigenvalue weighted by atomic mass is 10.1. The molecule has 0 aliphatic heterocycles. The van der Waals surface area contributed by atoms with Crippen LogP contribution in [0.25, 0.3) is 6.08 Å². The molecule has 0 radical (unpaired) electrons. The van der Waals surface area contributed by atoms with Crippen LogP contribution >= 0.6 is 0 Å². The molecule has 0 saturated heterocycles. The summed E-state index contributed by atoms with van der Waals surface area (Å²) in [5, 5.41) is 0. The summed E-state index contributed by atoms with van der Waals surface area (Å²) in [4.78, 5) is 0. The Morgan fingerprint density at radius 1 is 1.21 bits per heavy atom. The summed E-state index contributed by atoms with van der Waals surface area (Å²) in [7, 11) is 0. The van der Waals surface area contributed by atoms with Crippen LogP contribution in [0, 0.1) is 5.92 Å². The van der Waals surface area contributed by atoms with E-state index in [0.717, 1.165) is 5.92 Å². The fraction of sp³-hybridized carbons (Fsp3) is 0.286. The van der Waals surface area contributed by atoms with Gasteiger partial charge in [0.15, 0.2) is 0 Å². The third-order valence-corrected chi connectivity index (χ3v) is 2.67. The minimum atomic E-state index is 0.885. The van der Waals surface area contributed by atoms with Gasteiger partial charge >= 0.3 is 0 Å². The number of benzene rings is 1. The van der Waals surface area contributed by atoms with E-state index in [-0.39, 0.29) is 0 Å². The highest BCUT2D eigenvalue weighted by Gasteiger charge is 2.21. The zero-order valence-electron chi connectivity index (χ0n) is 8.61. The van der Waals surface area contributed by atoms with Gasteiger partial charge in [-0.2, -0.15) is 0 Å². The van der Waals surface area contributed by atoms with Crippen LogP contribution in [0.2, 0.25) is 0 Å². The van der Waals surface area contributed by atoms with E-state index in [2.05, 4.69) is 49.4 Å². The number of allylic oxidation sites excluding steroid dienone is 3. The lowest BCUT2D eigenvalue weighted by Crippen LogP contribution is -1.75. The topological polar surface area (TPSA) is 0 Å². The zero-order chi connectivity index (χ0) is 9.80. The molecule has 72 valence electrons. The number of hydrogen-bond donors (Lipinski definition) is 0. The lowest BCUT2D eigenvalue weighted by Gasteiger charge is -1.92. The van der Waals surface area contributed by atoms with E-state index in [1.807, 2.05) is 6.07 Å². The molecule has 0 heteroatoms. The van der Waals surface area contributed by atoms with E-state index in [0.29, 0.717) is 0 Å². The molecule has 0 atom stereocenters. The summed E-state index contributed by atoms with van der Waals surface area (Å²) >= 11 is 0. The van der Waals surface area contributed by atoms with E-state index in [4.69, 9.17) is 0 Å². The quantitative estimate of drug-likeness (QED) is 0.621. The Morgan fingerprint density at radius 3 is 2.57 bits per heavy atom. The van der Waals surface area contributed by atoms with Crippen LogP contribution in [0.15, 0.2) is 48.1 Å². The molecule has 14 heavy (non-hydrogen) atoms. The van der Waals surface area contributed by atoms with Gasteiger partial charge in [-0.15, -0.1) is 0 Å². The SMILES string of the molecule is CC(=CC=Cc1ccccc1)C1CC1. The van der Waals surface area contributed by atoms with Crippen molar-refractivity contribution in [1.29, 1.82) is 0 Å². The van der Waals surface area contributed by atoms with Gasteiger partial charge in [-0.3, -0.25) is 0 Å². The second-order valence-corrected chi connectivity index (χ2v) is 3.95. The van der Waals surface area contributed by atoms with Gasteiger partial charge in [0.05, 0.1) is 0 Å². The van der Waals surface area contributed by atoms with E-state index in [1.165, 1.54) is 24.0 Å². The van der Waals surface area contributed by atoms with Crippen LogP contribution in [-0.4, -0.2) is 0 Å². The van der Waals surface area contributed by atoms with Gasteiger partial charge in [0.1, 0.15) is 0 Å². The van der Waals surface area contributed by atoms with Crippen molar-refractivity contribution in [3.05, 3.63) is 53.6 Å². The smallest absolute Gasteiger partial charge is 0.0202 e. The van der Waals surface area contributed by atoms with Gasteiger partial charge in [-0.1, -0.05) is 54.1 Å². The minimum absolute atomic E-state index is 0.885. The standard InChI is InChI=1S/C14H16/c1-12(14-10-11-14)6-5-9-13-7-3-2-4-8-13/h2-9,14H,10-11H2,1H3. The van der Waals surface area contributed by atoms with Crippen LogP contribution in [0.1, 0.15) is 25.3 Å². The summed E-state index contributed by atoms with van der Waals surface area (Å²) in [5.41, 5.74) is 2.80. The molecule has 0 spiro atoms. The molecule has 1 aliphatic carbocycles. The predicted octanol–water partition coefficient (Wildman–Crippen LogP) is 4.06. The first-order valence-corrected chi connectivity index (χ1v) is 5.26. The zero-order valence-corrected chi connectivity index (χ0v) is 8.61. The van der Waals surface area contributed by atoms with Gasteiger partial charge in [0, 0.05) is 0 Å². The fourth-order valence-electron chi connectivity index (χ4n) is 1.55. The maximum Gasteiger partial charge on any atom is -0.0202 e. The van der Waals surface area contributed by atoms with E-state index in [9.17, 15) is 0 Å². The molecule has 0 amide bonds. The Hall–Kier alpha value is -1.30. The van der Waals surface area contributed by atoms with Crippen LogP contribution in [0.3, 0.4) is 0 Å². The summed E-state index contributed by atoms with van der Waals surface area (Å²) in [6, 6.07) is 10.4. The average molecular weight is 184 g/mol. The van der Waals surface area contributed by atoms with Crippen molar-refractivity contribution in [2.24, 2.45) is 5.92 Å². The van der Waals surface area contributed by atoms with Gasteiger partial charge in [0.25, 0.3) is 0 Å². The minimum Gasteiger partial charge on any atom is -0.0702 e. The number of rotatable bonds is 3. The van der Waals surface area contributed by atoms with Gasteiger partial charge in [-0.25, -0.2) is 0 Å². The molecule has 0 N–H and O–H groups in total. The molecule has 0 heterocycles. The van der Waals surface area contributed by atoms with Gasteiger partial charge in [-0.05, 0) is 31.2 Å². The summed E-state index contributed by atoms with van der Waals surface area (Å²) in [6.07, 6.45) is 9.34. The molecule has 0 bridgehead atoms. The molecule has 1 saturated carbocycles. The van der Waals surface area contributed by atoms with Crippen LogP contribution in [-0.2, 0) is 0 Å². The molecule has 0 nitrogen and oxygen atoms in total. The highest BCUT2D eigenvalue weighted by Crippen LogP contribution is 2.35. The normalized spacial score (nSPS) is 17.6. The molecule has 1 fully saturated rings. The van der Waals surface area contributed by atoms with Crippen molar-refractivity contribution in [3.8, 4) is 0 Å². The van der Waals surface area contributed by atoms with Crippen molar-refractivity contribution in [1.82, 2.24) is 0 Å². The molecule has 1 aromatic carbocycles. The summed E-state index contributed by atoms with van der Waals surface area (Å²) < 4.78 is 0. The van der Waals surface area contributed by atoms with Crippen molar-refractivity contribution in [3.63, 3.8) is 0 Å². The average Bonchev–Trinajstić information content (AvgIpc) is 3.02. The van der Waals surface area contributed by atoms with E-state index in [1.54, 1.807) is 0 Å². The lowest BCUT2D eigenvalue weighted by molar-refractivity contribution is 1.01. The third kappa shape index (κ3) is 2.59. The van der Waals surface area contributed by atoms with Crippen LogP contribution in [0.5, 0.6) is 0 Å². The van der Waals surface area contributed by atoms with Crippen LogP contribution in [0.4, 0.5) is 0 Å². The Morgan fingerprint density at radius 2 is 1.93 bits per heavy atom. The molecular weight excluding hydrogens is 168 g/mol. The Balaban J connectivity index is 1.97. The maximum absolute atomic E-state index is 2.24. The fourth-order valence-corrected chi connectivity index (χ4v) is 1.55. The monoisotopic (exact) mass is 184 g/mol. The highest BCUT2D eigenvalue weighted by molar-refractivity contribution is 5.51. The Labute approximate surface area is 86.0 Å². The van der Waals surface area contributed by atoms with Crippen molar-refractivity contribution < 1.29 is 0 Å². The molecule has 1 aromatic rings. The van der Waals surface area contributed by atoms with E-state index >= 15 is 0 Å². The van der Waals surface area contributed by atoms with Crippen molar-refractivity contribution in [2.75, 3.05) is 0 Å². The third-order valence-electron chi connectivity index (χ3n) is 2.67. The second-order valence-electron chi connectivity index (χ2n) is 3.95. The molecule has 2 rings (SSSR count). The first kappa shape index (κ1) is 9.26. The molecule has 0 aromatic heterocycles. The summed E-state index contributed by atoms with van der Waals surface area (Å²) in [5.74, 6) is 0.885. The molecule has 0 unspecified atom stereocenters. The van der Waals surface area contributed by atoms with Crippen LogP contribution < -0.4 is 0 Å². The Bertz CT molecular complexity index is 340. The van der Waals surface area contributed by atoms with E-state index < -0.39 is 0 Å². The predicted molar refractivity (Wildman–Crippen MR) is 62.0 cm³/mol. The molecule has 1 aliphatic rings. The first-order valence-electron chi connectivity index (χ1n) is 5.26. The van der Waals surface area contributed by atoms with Crippen molar-refractivity contribution in [2.45, 2.75) is 19.8 Å². The highest BCUT2D eigenvalue weighted by atomic mass is 14.3. The Kier molecular flexibility index (Phi) is 2.83. The van der Waals surface area contributed by atoms with Gasteiger partial charge in [0.2, 0.25) is 0 Å². The second kappa shape index (κ2) is 4.28. The largest absolute Gasteiger partial charge is 0.0702 e. The summed E-state index contributed by atoms with van der Waals surface area (Å²) in [6.45, 7) is 2.23. The molecular formula is C14H16. The van der Waals surface area contributed by atoms with Gasteiger partial charge < -0.3 is 0 Å². The number of hydrogen-bond acceptors (Lipinski definition) is 0. The first-order chi connectivity index (χ1) is 6.86. The maximum atomic E-state index is 2.24. The van der Waals surface area contributed by atoms with Crippen molar-refractivity contribution >= 4 is 6.08 Å².